The second-order valence-electron chi connectivity index (χ2n) is 14.0. The molecule has 1 N–H and O–H groups in total. The fourth-order valence-electron chi connectivity index (χ4n) is 5.94. The predicted octanol–water partition coefficient (Wildman–Crippen LogP) is 17.6. The molecule has 5 rings (SSSR count). The second-order valence-corrected chi connectivity index (χ2v) is 14.0. The first kappa shape index (κ1) is 102. The van der Waals surface area contributed by atoms with Crippen LogP contribution in [0, 0.1) is 89.0 Å². The molecule has 0 unspecified atom stereocenters. The number of hydrogen-bond donors (Lipinski definition) is 1. The van der Waals surface area contributed by atoms with Gasteiger partial charge in [-0.25, -0.2) is 0 Å². The molecule has 0 bridgehead atoms. The van der Waals surface area contributed by atoms with Crippen molar-refractivity contribution in [3.05, 3.63) is 75.4 Å². The van der Waals surface area contributed by atoms with Gasteiger partial charge in [0.25, 0.3) is 0 Å². The Morgan fingerprint density at radius 1 is 0.357 bits per heavy atom. The number of aliphatic hydroxyl groups is 1. The Hall–Kier alpha value is 2.45. The maximum absolute atomic E-state index is 7.00. The minimum atomic E-state index is 0. The molecule has 0 atom stereocenters. The molecule has 7 heteroatoms. The topological polar surface area (TPSA) is 62.5 Å². The standard InChI is InChI=1S/C7H14.4C6H12.3C3H8N.CH4O.8CH3.3Hf/c1-2-7-5-3-4-6-7;4*1-6-4-2-3-5-6;3*1-3-4-2;1-2;;;;;;;;;;;/h7H,2-6H2,1H3;4*6H,2-5H2,1H3;3*3H2,1-2H3;2H,1H3;8*1H3;;;/q;;;;;3*-1;;8*-1;;2*+4. The maximum Gasteiger partial charge on any atom is 4.00 e. The predicted molar refractivity (Wildman–Crippen MR) is 262 cm³/mol. The SMILES string of the molecule is CC1CCCC1.CC1CCCC1.CC1CCCC1.CC1CCCC1.CCC1CCCC1.CC[N-]C.CC[N-]C.CC[N-]C.CO.[CH3-].[CH3-].[CH3-].[CH3-].[CH3-].[CH3-].[CH3-].[CH3-].[Hf+4].[Hf+4].[Hf]. The quantitative estimate of drug-likeness (QED) is 0.221. The van der Waals surface area contributed by atoms with Crippen LogP contribution in [-0.4, -0.2) is 53.0 Å². The Kier molecular flexibility index (Phi) is 169. The fraction of sp³-hybridized carbons (Fsp3) is 0.837. The zero-order chi connectivity index (χ0) is 35.0. The van der Waals surface area contributed by atoms with E-state index in [1.54, 1.807) is 21.1 Å². The van der Waals surface area contributed by atoms with E-state index in [1.807, 2.05) is 20.8 Å². The van der Waals surface area contributed by atoms with Crippen LogP contribution in [0.5, 0.6) is 0 Å². The molecule has 0 saturated heterocycles. The van der Waals surface area contributed by atoms with E-state index in [4.69, 9.17) is 5.11 Å². The van der Waals surface area contributed by atoms with Crippen molar-refractivity contribution in [2.45, 2.75) is 190 Å². The van der Waals surface area contributed by atoms with Crippen molar-refractivity contribution in [1.82, 2.24) is 0 Å². The summed E-state index contributed by atoms with van der Waals surface area (Å²) in [6.07, 6.45) is 31.2. The van der Waals surface area contributed by atoms with Gasteiger partial charge in [0.05, 0.1) is 0 Å². The monoisotopic (exact) mass is 1300 g/mol. The largest absolute Gasteiger partial charge is 4.00 e. The zero-order valence-electron chi connectivity index (χ0n) is 43.1. The Bertz CT molecular complexity index is 392. The first-order valence-electron chi connectivity index (χ1n) is 19.9. The van der Waals surface area contributed by atoms with Crippen LogP contribution in [0.1, 0.15) is 190 Å². The molecule has 5 aliphatic carbocycles. The summed E-state index contributed by atoms with van der Waals surface area (Å²) in [6.45, 7) is 20.5. The van der Waals surface area contributed by atoms with Crippen LogP contribution in [0.25, 0.3) is 16.0 Å². The first-order valence-corrected chi connectivity index (χ1v) is 19.9. The maximum atomic E-state index is 7.00. The van der Waals surface area contributed by atoms with Gasteiger partial charge < -0.3 is 80.5 Å². The molecule has 0 aliphatic heterocycles. The average molecular weight is 1300 g/mol. The third-order valence-electron chi connectivity index (χ3n) is 9.58. The molecular weight excluding hydrogens is 1180 g/mol. The van der Waals surface area contributed by atoms with E-state index in [0.29, 0.717) is 0 Å². The summed E-state index contributed by atoms with van der Waals surface area (Å²) in [4.78, 5) is 0. The van der Waals surface area contributed by atoms with Crippen molar-refractivity contribution < 1.29 is 82.6 Å². The van der Waals surface area contributed by atoms with Crippen molar-refractivity contribution in [1.29, 1.82) is 0 Å². The van der Waals surface area contributed by atoms with Gasteiger partial charge in [-0.15, -0.1) is 0 Å². The van der Waals surface area contributed by atoms with Crippen LogP contribution < -0.4 is 0 Å². The van der Waals surface area contributed by atoms with Crippen molar-refractivity contribution in [3.63, 3.8) is 0 Å². The Labute approximate surface area is 421 Å². The van der Waals surface area contributed by atoms with Crippen molar-refractivity contribution in [2.75, 3.05) is 47.9 Å². The normalized spacial score (nSPS) is 15.6. The van der Waals surface area contributed by atoms with Gasteiger partial charge in [-0.3, -0.25) is 0 Å². The summed E-state index contributed by atoms with van der Waals surface area (Å²) >= 11 is 0. The van der Waals surface area contributed by atoms with Crippen LogP contribution in [-0.2, 0) is 77.5 Å². The van der Waals surface area contributed by atoms with E-state index < -0.39 is 0 Å². The van der Waals surface area contributed by atoms with Gasteiger partial charge in [-0.05, 0) is 29.6 Å². The first-order chi connectivity index (χ1) is 21.7. The summed E-state index contributed by atoms with van der Waals surface area (Å²) in [7, 11) is 6.42. The molecule has 0 amide bonds. The summed E-state index contributed by atoms with van der Waals surface area (Å²) in [5.41, 5.74) is 0. The number of hydrogen-bond acceptors (Lipinski definition) is 1. The van der Waals surface area contributed by atoms with Crippen LogP contribution in [0.4, 0.5) is 0 Å². The Balaban J connectivity index is -0.0000000257. The van der Waals surface area contributed by atoms with Gasteiger partial charge in [-0.2, -0.15) is 40.8 Å². The second kappa shape index (κ2) is 92.7. The van der Waals surface area contributed by atoms with E-state index in [-0.39, 0.29) is 137 Å². The molecule has 0 aromatic carbocycles. The zero-order valence-corrected chi connectivity index (χ0v) is 53.9. The number of aliphatic hydroxyl groups excluding tert-OH is 1. The number of rotatable bonds is 4. The van der Waals surface area contributed by atoms with Gasteiger partial charge in [0, 0.05) is 33.0 Å². The molecule has 5 saturated carbocycles. The fourth-order valence-corrected chi connectivity index (χ4v) is 5.94. The summed E-state index contributed by atoms with van der Waals surface area (Å²) in [5, 5.41) is 18.2. The molecule has 0 spiro atoms. The van der Waals surface area contributed by atoms with E-state index in [2.05, 4.69) is 50.6 Å². The van der Waals surface area contributed by atoms with Crippen LogP contribution in [0.2, 0.25) is 0 Å². The molecule has 5 fully saturated rings. The van der Waals surface area contributed by atoms with Crippen LogP contribution in [0.3, 0.4) is 0 Å². The summed E-state index contributed by atoms with van der Waals surface area (Å²) in [6, 6.07) is 0. The minimum absolute atomic E-state index is 0. The molecule has 5 aliphatic rings. The third kappa shape index (κ3) is 96.3. The third-order valence-corrected chi connectivity index (χ3v) is 9.58. The van der Waals surface area contributed by atoms with Crippen LogP contribution >= 0.6 is 0 Å². The molecule has 0 heterocycles. The average Bonchev–Trinajstić information content (AvgIpc) is 3.93. The van der Waals surface area contributed by atoms with E-state index in [0.717, 1.165) is 56.3 Å². The van der Waals surface area contributed by atoms with E-state index in [9.17, 15) is 0 Å². The summed E-state index contributed by atoms with van der Waals surface area (Å²) < 4.78 is 0. The molecule has 346 valence electrons. The van der Waals surface area contributed by atoms with Gasteiger partial charge in [0.1, 0.15) is 0 Å². The summed E-state index contributed by atoms with van der Waals surface area (Å²) in [5.74, 6) is 5.28. The molecule has 0 radical (unpaired) electrons. The Morgan fingerprint density at radius 3 is 0.536 bits per heavy atom. The van der Waals surface area contributed by atoms with Gasteiger partial charge >= 0.3 is 51.7 Å². The molecule has 0 aromatic rings. The van der Waals surface area contributed by atoms with Crippen LogP contribution in [0.15, 0.2) is 0 Å². The van der Waals surface area contributed by atoms with Crippen molar-refractivity contribution >= 4 is 0 Å². The van der Waals surface area contributed by atoms with E-state index >= 15 is 0 Å². The van der Waals surface area contributed by atoms with Gasteiger partial charge in [-0.1, -0.05) is 190 Å². The molecular formula is C49H114Hf3N3O-3. The minimum Gasteiger partial charge on any atom is -0.665 e. The van der Waals surface area contributed by atoms with Crippen molar-refractivity contribution in [2.24, 2.45) is 29.6 Å². The molecule has 56 heavy (non-hydrogen) atoms. The van der Waals surface area contributed by atoms with Gasteiger partial charge in [0.2, 0.25) is 0 Å². The van der Waals surface area contributed by atoms with Gasteiger partial charge in [0.15, 0.2) is 0 Å². The molecule has 0 aromatic heterocycles. The van der Waals surface area contributed by atoms with E-state index in [1.165, 1.54) is 135 Å². The Morgan fingerprint density at radius 2 is 0.482 bits per heavy atom. The number of nitrogens with zero attached hydrogens (tertiary/aromatic N) is 3. The smallest absolute Gasteiger partial charge is 0.665 e. The molecule has 4 nitrogen and oxygen atoms in total. The van der Waals surface area contributed by atoms with Crippen molar-refractivity contribution in [3.8, 4) is 0 Å².